The summed E-state index contributed by atoms with van der Waals surface area (Å²) in [5, 5.41) is 28.0. The summed E-state index contributed by atoms with van der Waals surface area (Å²) in [6.07, 6.45) is 27.5. The minimum atomic E-state index is 0. The molecule has 1 aliphatic heterocycles. The average Bonchev–Trinajstić information content (AvgIpc) is 1.19. The number of ether oxygens (including phenoxy) is 8. The third-order valence-corrected chi connectivity index (χ3v) is 23.6. The maximum absolute atomic E-state index is 5.94. The molecule has 718 valence electrons. The number of hydrogen-bond acceptors (Lipinski definition) is 27. The fraction of sp³-hybridized carbons (Fsp3) is 0.352. The second kappa shape index (κ2) is 46.3. The SMILES string of the molecule is C.COc1cc(OC)cc(N(CC(C)NC(C)C)c2ccc3ncc(-c4cnn(C)c4)nc3c2)c1.COc1cc(OC)cc(N(CC2CCCC(C)(C)N2)c2ccc3ncc(-c4cnn(C)c4)nc3c2)c1.COc1cc(OC)cc(N(CCCCCl)c2ccc3ncc(-c4cnn(C)c4)nc3c2)c1.COc1cc(OC)cc(N(c2ccc3ncc(-c4cnn(C)c4)nc3c2)C(C)CNC(C)C)c1. The number of aryl methyl sites for hydroxylation is 4. The van der Waals surface area contributed by atoms with Crippen LogP contribution in [0.25, 0.3) is 89.2 Å². The summed E-state index contributed by atoms with van der Waals surface area (Å²) >= 11 is 5.94. The van der Waals surface area contributed by atoms with Gasteiger partial charge in [0.2, 0.25) is 0 Å². The first-order valence-corrected chi connectivity index (χ1v) is 46.1. The first-order chi connectivity index (χ1) is 65.7. The van der Waals surface area contributed by atoms with Crippen LogP contribution in [0.5, 0.6) is 46.0 Å². The van der Waals surface area contributed by atoms with E-state index in [1.165, 1.54) is 12.8 Å². The number of alkyl halides is 1. The van der Waals surface area contributed by atoms with E-state index in [9.17, 15) is 0 Å². The molecule has 137 heavy (non-hydrogen) atoms. The smallest absolute Gasteiger partial charge is 0.124 e. The number of benzene rings is 8. The topological polar surface area (TPSA) is 297 Å². The molecule has 0 aliphatic carbocycles. The number of nitrogens with one attached hydrogen (secondary N) is 3. The second-order valence-corrected chi connectivity index (χ2v) is 35.4. The van der Waals surface area contributed by atoms with Crippen LogP contribution in [0, 0.1) is 0 Å². The molecule has 8 aromatic heterocycles. The standard InChI is InChI=1S/C28H34N6O2.2C26H32N6O2.C24H26ClN5O2.CH4/c1-28(2)10-6-7-20(32-28)18-34(22-11-23(35-4)14-24(12-22)36-5)21-8-9-25-26(13-21)31-27(16-29-25)19-15-30-33(3)17-19;1-17(2)29-18(3)15-32(21-9-22(33-5)12-23(10-21)34-6)20-7-8-24-25(11-20)30-26(14-27-24)19-13-28-31(4)16-19;1-17(2)27-13-18(3)32(21-9-22(33-5)12-23(10-21)34-6)20-7-8-24-25(11-20)30-26(15-28-24)19-14-29-31(4)16-19;1-29-16-17(14-27-29)24-15-26-22-7-6-18(12-23(22)28-24)30(9-5-4-8-25)19-10-20(31-2)13-21(11-19)32-3;/h8-9,11-17,20,32H,6-7,10,18H2,1-5H3;7-14,16-18,29H,15H2,1-6H3;7-12,14-18,27H,13H2,1-6H3;6-7,10-16H,4-5,8-9H2,1-3H3;1H4. The monoisotopic (exact) mass is 1870 g/mol. The number of anilines is 8. The van der Waals surface area contributed by atoms with Gasteiger partial charge < -0.3 is 73.4 Å². The number of rotatable bonds is 34. The summed E-state index contributed by atoms with van der Waals surface area (Å²) in [5.74, 6) is 6.57. The molecule has 17 rings (SSSR count). The molecule has 31 nitrogen and oxygen atoms in total. The van der Waals surface area contributed by atoms with E-state index in [2.05, 4.69) is 192 Å². The summed E-state index contributed by atoms with van der Waals surface area (Å²) < 4.78 is 51.4. The normalized spacial score (nSPS) is 13.1. The number of unbranched alkanes of at least 4 members (excludes halogenated alkanes) is 1. The van der Waals surface area contributed by atoms with Crippen molar-refractivity contribution in [3.05, 3.63) is 220 Å². The lowest BCUT2D eigenvalue weighted by Crippen LogP contribution is -2.53. The van der Waals surface area contributed by atoms with Crippen molar-refractivity contribution >= 4 is 101 Å². The number of nitrogens with zero attached hydrogens (tertiary/aromatic N) is 20. The van der Waals surface area contributed by atoms with E-state index in [4.69, 9.17) is 69.4 Å². The van der Waals surface area contributed by atoms with Crippen molar-refractivity contribution in [2.24, 2.45) is 28.2 Å². The van der Waals surface area contributed by atoms with Gasteiger partial charge in [-0.15, -0.1) is 11.6 Å². The molecule has 16 aromatic rings. The molecule has 0 bridgehead atoms. The molecule has 1 aliphatic rings. The molecular weight excluding hydrogens is 1750 g/mol. The molecule has 3 unspecified atom stereocenters. The van der Waals surface area contributed by atoms with Crippen molar-refractivity contribution in [2.75, 3.05) is 109 Å². The van der Waals surface area contributed by atoms with Gasteiger partial charge in [0.05, 0.1) is 173 Å². The summed E-state index contributed by atoms with van der Waals surface area (Å²) in [5.41, 5.74) is 21.7. The van der Waals surface area contributed by atoms with E-state index in [1.807, 2.05) is 144 Å². The van der Waals surface area contributed by atoms with E-state index in [0.29, 0.717) is 24.0 Å². The molecule has 1 saturated heterocycles. The van der Waals surface area contributed by atoms with Crippen molar-refractivity contribution in [1.82, 2.24) is 94.9 Å². The number of piperidine rings is 1. The average molecular weight is 1880 g/mol. The van der Waals surface area contributed by atoms with Crippen LogP contribution in [0.15, 0.2) is 220 Å². The Morgan fingerprint density at radius 3 is 1.05 bits per heavy atom. The Labute approximate surface area is 807 Å². The highest BCUT2D eigenvalue weighted by Gasteiger charge is 2.30. The van der Waals surface area contributed by atoms with E-state index in [0.717, 1.165) is 226 Å². The lowest BCUT2D eigenvalue weighted by atomic mass is 9.89. The molecular formula is C105H128ClN23O8. The Hall–Kier alpha value is -14.3. The number of hydrogen-bond donors (Lipinski definition) is 3. The zero-order chi connectivity index (χ0) is 96.3. The minimum Gasteiger partial charge on any atom is -0.497 e. The zero-order valence-electron chi connectivity index (χ0n) is 81.3. The Bertz CT molecular complexity index is 6610. The van der Waals surface area contributed by atoms with Crippen LogP contribution in [0.3, 0.4) is 0 Å². The molecule has 8 aromatic carbocycles. The van der Waals surface area contributed by atoms with Crippen LogP contribution in [0.4, 0.5) is 45.5 Å². The van der Waals surface area contributed by atoms with Gasteiger partial charge in [-0.3, -0.25) is 38.7 Å². The number of halogens is 1. The largest absolute Gasteiger partial charge is 0.497 e. The fourth-order valence-corrected chi connectivity index (χ4v) is 16.8. The van der Waals surface area contributed by atoms with Crippen molar-refractivity contribution in [1.29, 1.82) is 0 Å². The second-order valence-electron chi connectivity index (χ2n) is 35.0. The maximum Gasteiger partial charge on any atom is 0.124 e. The number of fused-ring (bicyclic) bond motifs is 4. The van der Waals surface area contributed by atoms with Gasteiger partial charge in [0, 0.05) is 261 Å². The van der Waals surface area contributed by atoms with Crippen LogP contribution in [0.2, 0.25) is 0 Å². The fourth-order valence-electron chi connectivity index (χ4n) is 16.6. The lowest BCUT2D eigenvalue weighted by molar-refractivity contribution is 0.246. The van der Waals surface area contributed by atoms with E-state index >= 15 is 0 Å². The summed E-state index contributed by atoms with van der Waals surface area (Å²) in [6.45, 7) is 20.7. The molecule has 0 spiro atoms. The van der Waals surface area contributed by atoms with Crippen LogP contribution >= 0.6 is 11.6 Å². The molecule has 0 radical (unpaired) electrons. The van der Waals surface area contributed by atoms with Crippen molar-refractivity contribution in [3.63, 3.8) is 0 Å². The van der Waals surface area contributed by atoms with E-state index < -0.39 is 0 Å². The highest BCUT2D eigenvalue weighted by Crippen LogP contribution is 2.42. The van der Waals surface area contributed by atoms with Gasteiger partial charge in [-0.2, -0.15) is 20.4 Å². The zero-order valence-corrected chi connectivity index (χ0v) is 82.1. The van der Waals surface area contributed by atoms with Gasteiger partial charge in [0.25, 0.3) is 0 Å². The lowest BCUT2D eigenvalue weighted by Gasteiger charge is -2.40. The minimum absolute atomic E-state index is 0. The summed E-state index contributed by atoms with van der Waals surface area (Å²) in [4.78, 5) is 47.1. The molecule has 0 saturated carbocycles. The highest BCUT2D eigenvalue weighted by molar-refractivity contribution is 6.17. The Balaban J connectivity index is 0.000000154. The first-order valence-electron chi connectivity index (χ1n) is 45.6. The molecule has 3 N–H and O–H groups in total. The Morgan fingerprint density at radius 2 is 0.723 bits per heavy atom. The van der Waals surface area contributed by atoms with Gasteiger partial charge >= 0.3 is 0 Å². The predicted molar refractivity (Wildman–Crippen MR) is 550 cm³/mol. The first kappa shape index (κ1) is 100. The summed E-state index contributed by atoms with van der Waals surface area (Å²) in [6, 6.07) is 49.9. The van der Waals surface area contributed by atoms with Crippen LogP contribution in [0.1, 0.15) is 94.9 Å². The van der Waals surface area contributed by atoms with E-state index in [-0.39, 0.29) is 25.0 Å². The number of methoxy groups -OCH3 is 8. The van der Waals surface area contributed by atoms with Crippen LogP contribution in [-0.2, 0) is 28.2 Å². The Kier molecular flexibility index (Phi) is 33.9. The van der Waals surface area contributed by atoms with E-state index in [1.54, 1.807) is 119 Å². The molecule has 0 amide bonds. The predicted octanol–water partition coefficient (Wildman–Crippen LogP) is 20.1. The van der Waals surface area contributed by atoms with Crippen LogP contribution in [-0.4, -0.2) is 204 Å². The Morgan fingerprint density at radius 1 is 0.394 bits per heavy atom. The quantitative estimate of drug-likeness (QED) is 0.0249. The van der Waals surface area contributed by atoms with Gasteiger partial charge in [-0.1, -0.05) is 41.5 Å². The van der Waals surface area contributed by atoms with Crippen molar-refractivity contribution < 1.29 is 37.9 Å². The highest BCUT2D eigenvalue weighted by atomic mass is 35.5. The van der Waals surface area contributed by atoms with Crippen LogP contribution < -0.4 is 73.4 Å². The van der Waals surface area contributed by atoms with Gasteiger partial charge in [0.1, 0.15) is 46.0 Å². The molecule has 3 atom stereocenters. The van der Waals surface area contributed by atoms with Crippen molar-refractivity contribution in [2.45, 2.75) is 131 Å². The van der Waals surface area contributed by atoms with Gasteiger partial charge in [-0.25, -0.2) is 19.9 Å². The maximum atomic E-state index is 5.94. The molecule has 1 fully saturated rings. The third-order valence-electron chi connectivity index (χ3n) is 23.3. The third kappa shape index (κ3) is 25.9. The molecule has 32 heteroatoms. The van der Waals surface area contributed by atoms with Gasteiger partial charge in [-0.05, 0) is 126 Å². The molecule has 9 heterocycles. The summed E-state index contributed by atoms with van der Waals surface area (Å²) in [7, 11) is 20.9. The van der Waals surface area contributed by atoms with Gasteiger partial charge in [0.15, 0.2) is 0 Å². The number of aromatic nitrogens is 16. The van der Waals surface area contributed by atoms with Crippen molar-refractivity contribution in [3.8, 4) is 91.0 Å².